The lowest BCUT2D eigenvalue weighted by molar-refractivity contribution is -0.247. The molecule has 0 saturated carbocycles. The zero-order valence-corrected chi connectivity index (χ0v) is 16.8. The molecule has 0 amide bonds. The maximum absolute atomic E-state index is 14.4. The van der Waals surface area contributed by atoms with Crippen molar-refractivity contribution in [2.24, 2.45) is 0 Å². The number of aromatic nitrogens is 2. The molecule has 3 nitrogen and oxygen atoms in total. The highest BCUT2D eigenvalue weighted by Gasteiger charge is 2.57. The van der Waals surface area contributed by atoms with E-state index < -0.39 is 34.5 Å². The molecule has 0 saturated heterocycles. The van der Waals surface area contributed by atoms with Gasteiger partial charge in [0.1, 0.15) is 17.3 Å². The maximum atomic E-state index is 14.4. The summed E-state index contributed by atoms with van der Waals surface area (Å²) in [6.07, 6.45) is -3.83. The van der Waals surface area contributed by atoms with Crippen LogP contribution in [0.1, 0.15) is 11.1 Å². The van der Waals surface area contributed by atoms with Crippen molar-refractivity contribution in [3.05, 3.63) is 108 Å². The molecule has 5 rings (SSSR count). The second-order valence-corrected chi connectivity index (χ2v) is 7.63. The fourth-order valence-electron chi connectivity index (χ4n) is 4.12. The van der Waals surface area contributed by atoms with Gasteiger partial charge in [0.25, 0.3) is 0 Å². The van der Waals surface area contributed by atoms with Crippen LogP contribution in [0.5, 0.6) is 0 Å². The first kappa shape index (κ1) is 21.1. The topological polar surface area (TPSA) is 38.1 Å². The molecule has 1 aromatic heterocycles. The lowest BCUT2D eigenvalue weighted by atomic mass is 9.82. The van der Waals surface area contributed by atoms with Gasteiger partial charge in [-0.2, -0.15) is 18.3 Å². The van der Waals surface area contributed by atoms with Gasteiger partial charge in [-0.25, -0.2) is 13.5 Å². The molecular formula is C25H15F5N2O. The molecule has 1 atom stereocenters. The van der Waals surface area contributed by atoms with Gasteiger partial charge in [0, 0.05) is 16.3 Å². The third-order valence-corrected chi connectivity index (χ3v) is 5.74. The highest BCUT2D eigenvalue weighted by atomic mass is 19.4. The summed E-state index contributed by atoms with van der Waals surface area (Å²) in [6.45, 7) is 0. The van der Waals surface area contributed by atoms with Gasteiger partial charge in [-0.15, -0.1) is 0 Å². The first-order valence-electron chi connectivity index (χ1n) is 9.92. The number of rotatable bonds is 3. The normalized spacial score (nSPS) is 14.0. The summed E-state index contributed by atoms with van der Waals surface area (Å²) >= 11 is 0. The van der Waals surface area contributed by atoms with Gasteiger partial charge in [-0.3, -0.25) is 0 Å². The number of benzene rings is 4. The number of halogens is 5. The smallest absolute Gasteiger partial charge is 0.372 e. The summed E-state index contributed by atoms with van der Waals surface area (Å²) in [5.41, 5.74) is -3.89. The first-order chi connectivity index (χ1) is 15.7. The van der Waals surface area contributed by atoms with Gasteiger partial charge in [-0.1, -0.05) is 48.5 Å². The zero-order valence-electron chi connectivity index (χ0n) is 16.8. The minimum absolute atomic E-state index is 0.0360. The van der Waals surface area contributed by atoms with Crippen molar-refractivity contribution in [3.63, 3.8) is 0 Å². The Bertz CT molecular complexity index is 1510. The predicted molar refractivity (Wildman–Crippen MR) is 114 cm³/mol. The van der Waals surface area contributed by atoms with Crippen molar-refractivity contribution in [2.75, 3.05) is 0 Å². The van der Waals surface area contributed by atoms with Gasteiger partial charge < -0.3 is 5.11 Å². The highest BCUT2D eigenvalue weighted by molar-refractivity contribution is 5.88. The van der Waals surface area contributed by atoms with E-state index in [-0.39, 0.29) is 21.8 Å². The molecule has 1 heterocycles. The maximum Gasteiger partial charge on any atom is 0.425 e. The van der Waals surface area contributed by atoms with E-state index in [1.54, 1.807) is 6.07 Å². The van der Waals surface area contributed by atoms with Crippen molar-refractivity contribution in [1.82, 2.24) is 9.78 Å². The lowest BCUT2D eigenvalue weighted by Gasteiger charge is -2.32. The molecule has 1 N–H and O–H groups in total. The summed E-state index contributed by atoms with van der Waals surface area (Å²) < 4.78 is 73.0. The number of alkyl halides is 3. The average molecular weight is 454 g/mol. The van der Waals surface area contributed by atoms with Crippen molar-refractivity contribution < 1.29 is 27.1 Å². The summed E-state index contributed by atoms with van der Waals surface area (Å²) in [5, 5.41) is 15.5. The minimum atomic E-state index is -5.12. The van der Waals surface area contributed by atoms with Crippen LogP contribution in [0.4, 0.5) is 22.0 Å². The van der Waals surface area contributed by atoms with Crippen LogP contribution in [0.3, 0.4) is 0 Å². The van der Waals surface area contributed by atoms with Crippen molar-refractivity contribution in [1.29, 1.82) is 0 Å². The molecule has 0 fully saturated rings. The Morgan fingerprint density at radius 2 is 1.45 bits per heavy atom. The Morgan fingerprint density at radius 3 is 2.18 bits per heavy atom. The van der Waals surface area contributed by atoms with Crippen LogP contribution in [0.15, 0.2) is 85.1 Å². The standard InChI is InChI=1S/C25H15F5N2O/c26-20-11-10-19(17-5-1-2-6-18(17)20)24(33,25(28,29)30)16-9-12-22-15(13-16)14-31-32(22)23-8-4-3-7-21(23)27/h1-14,33H. The summed E-state index contributed by atoms with van der Waals surface area (Å²) in [5.74, 6) is -1.24. The molecule has 0 aliphatic heterocycles. The van der Waals surface area contributed by atoms with Crippen LogP contribution in [-0.4, -0.2) is 21.1 Å². The largest absolute Gasteiger partial charge is 0.425 e. The molecule has 1 unspecified atom stereocenters. The fourth-order valence-corrected chi connectivity index (χ4v) is 4.12. The predicted octanol–water partition coefficient (Wildman–Crippen LogP) is 6.26. The van der Waals surface area contributed by atoms with E-state index in [1.165, 1.54) is 59.4 Å². The van der Waals surface area contributed by atoms with Crippen molar-refractivity contribution in [3.8, 4) is 5.69 Å². The molecule has 5 aromatic rings. The Kier molecular flexibility index (Phi) is 4.72. The number of hydrogen-bond donors (Lipinski definition) is 1. The molecule has 0 aliphatic carbocycles. The molecule has 0 bridgehead atoms. The fraction of sp³-hybridized carbons (Fsp3) is 0.0800. The van der Waals surface area contributed by atoms with Crippen LogP contribution in [0.2, 0.25) is 0 Å². The van der Waals surface area contributed by atoms with E-state index >= 15 is 0 Å². The first-order valence-corrected chi connectivity index (χ1v) is 9.92. The van der Waals surface area contributed by atoms with E-state index in [0.29, 0.717) is 5.52 Å². The lowest BCUT2D eigenvalue weighted by Crippen LogP contribution is -2.43. The van der Waals surface area contributed by atoms with E-state index in [2.05, 4.69) is 5.10 Å². The minimum Gasteiger partial charge on any atom is -0.372 e. The van der Waals surface area contributed by atoms with Crippen LogP contribution < -0.4 is 0 Å². The monoisotopic (exact) mass is 454 g/mol. The number of aliphatic hydroxyl groups is 1. The third-order valence-electron chi connectivity index (χ3n) is 5.74. The average Bonchev–Trinajstić information content (AvgIpc) is 3.22. The summed E-state index contributed by atoms with van der Waals surface area (Å²) in [4.78, 5) is 0. The Labute approximate surface area is 184 Å². The van der Waals surface area contributed by atoms with E-state index in [0.717, 1.165) is 24.3 Å². The van der Waals surface area contributed by atoms with E-state index in [9.17, 15) is 27.1 Å². The van der Waals surface area contributed by atoms with Gasteiger partial charge in [0.2, 0.25) is 5.60 Å². The second-order valence-electron chi connectivity index (χ2n) is 7.63. The highest BCUT2D eigenvalue weighted by Crippen LogP contribution is 2.47. The summed E-state index contributed by atoms with van der Waals surface area (Å²) in [6, 6.07) is 17.0. The SMILES string of the molecule is OC(c1ccc2c(cnn2-c2ccccc2F)c1)(c1ccc(F)c2ccccc12)C(F)(F)F. The van der Waals surface area contributed by atoms with E-state index in [4.69, 9.17) is 0 Å². The van der Waals surface area contributed by atoms with Gasteiger partial charge >= 0.3 is 6.18 Å². The van der Waals surface area contributed by atoms with Crippen LogP contribution >= 0.6 is 0 Å². The molecule has 166 valence electrons. The third kappa shape index (κ3) is 3.17. The molecule has 0 spiro atoms. The molecule has 8 heteroatoms. The molecule has 0 radical (unpaired) electrons. The quantitative estimate of drug-likeness (QED) is 0.327. The molecule has 4 aromatic carbocycles. The van der Waals surface area contributed by atoms with Gasteiger partial charge in [0.05, 0.1) is 11.7 Å². The Hall–Kier alpha value is -3.78. The van der Waals surface area contributed by atoms with E-state index in [1.807, 2.05) is 0 Å². The van der Waals surface area contributed by atoms with Gasteiger partial charge in [0.15, 0.2) is 0 Å². The number of hydrogen-bond acceptors (Lipinski definition) is 2. The zero-order chi connectivity index (χ0) is 23.4. The number of fused-ring (bicyclic) bond motifs is 2. The number of para-hydroxylation sites is 1. The molecule has 0 aliphatic rings. The van der Waals surface area contributed by atoms with Crippen molar-refractivity contribution >= 4 is 21.7 Å². The molecular weight excluding hydrogens is 439 g/mol. The van der Waals surface area contributed by atoms with Crippen molar-refractivity contribution in [2.45, 2.75) is 11.8 Å². The van der Waals surface area contributed by atoms with Gasteiger partial charge in [-0.05, 0) is 41.3 Å². The van der Waals surface area contributed by atoms with Crippen LogP contribution in [-0.2, 0) is 5.60 Å². The Morgan fingerprint density at radius 1 is 0.758 bits per heavy atom. The summed E-state index contributed by atoms with van der Waals surface area (Å²) in [7, 11) is 0. The Balaban J connectivity index is 1.74. The van der Waals surface area contributed by atoms with Crippen LogP contribution in [0, 0.1) is 11.6 Å². The second kappa shape index (κ2) is 7.38. The number of nitrogens with zero attached hydrogens (tertiary/aromatic N) is 2. The van der Waals surface area contributed by atoms with Crippen LogP contribution in [0.25, 0.3) is 27.4 Å². The molecule has 33 heavy (non-hydrogen) atoms.